The molecule has 1 aliphatic carbocycles. The SMILES string of the molecule is COc1ccc(-n2ccc3c2CCCC3N)cc1F. The van der Waals surface area contributed by atoms with E-state index in [1.165, 1.54) is 24.4 Å². The van der Waals surface area contributed by atoms with Gasteiger partial charge in [-0.05, 0) is 43.0 Å². The first-order valence-electron chi connectivity index (χ1n) is 6.50. The van der Waals surface area contributed by atoms with Crippen LogP contribution in [0.15, 0.2) is 30.5 Å². The number of rotatable bonds is 2. The van der Waals surface area contributed by atoms with Crippen molar-refractivity contribution in [2.45, 2.75) is 25.3 Å². The molecule has 0 saturated heterocycles. The molecule has 0 fully saturated rings. The lowest BCUT2D eigenvalue weighted by molar-refractivity contribution is 0.386. The highest BCUT2D eigenvalue weighted by atomic mass is 19.1. The summed E-state index contributed by atoms with van der Waals surface area (Å²) in [4.78, 5) is 0. The van der Waals surface area contributed by atoms with Gasteiger partial charge in [-0.1, -0.05) is 0 Å². The molecular formula is C15H17FN2O. The molecule has 0 radical (unpaired) electrons. The zero-order valence-electron chi connectivity index (χ0n) is 10.9. The molecule has 3 rings (SSSR count). The van der Waals surface area contributed by atoms with Crippen molar-refractivity contribution in [2.24, 2.45) is 5.73 Å². The van der Waals surface area contributed by atoms with E-state index >= 15 is 0 Å². The summed E-state index contributed by atoms with van der Waals surface area (Å²) >= 11 is 0. The third kappa shape index (κ3) is 2.02. The van der Waals surface area contributed by atoms with Crippen LogP contribution in [0.5, 0.6) is 5.75 Å². The van der Waals surface area contributed by atoms with Crippen molar-refractivity contribution in [3.05, 3.63) is 47.5 Å². The van der Waals surface area contributed by atoms with Crippen molar-refractivity contribution < 1.29 is 9.13 Å². The van der Waals surface area contributed by atoms with Crippen LogP contribution in [0.3, 0.4) is 0 Å². The van der Waals surface area contributed by atoms with Crippen molar-refractivity contribution in [1.29, 1.82) is 0 Å². The van der Waals surface area contributed by atoms with Crippen molar-refractivity contribution in [2.75, 3.05) is 7.11 Å². The average Bonchev–Trinajstić information content (AvgIpc) is 2.84. The number of ether oxygens (including phenoxy) is 1. The number of benzene rings is 1. The molecule has 1 heterocycles. The van der Waals surface area contributed by atoms with Crippen LogP contribution in [-0.4, -0.2) is 11.7 Å². The van der Waals surface area contributed by atoms with Gasteiger partial charge in [0.05, 0.1) is 7.11 Å². The van der Waals surface area contributed by atoms with Crippen LogP contribution in [0.4, 0.5) is 4.39 Å². The zero-order chi connectivity index (χ0) is 13.4. The van der Waals surface area contributed by atoms with Crippen molar-refractivity contribution in [1.82, 2.24) is 4.57 Å². The molecule has 0 spiro atoms. The Bertz CT molecular complexity index is 606. The molecule has 1 unspecified atom stereocenters. The first-order valence-corrected chi connectivity index (χ1v) is 6.50. The fourth-order valence-corrected chi connectivity index (χ4v) is 2.77. The molecule has 0 saturated carbocycles. The minimum atomic E-state index is -0.345. The van der Waals surface area contributed by atoms with Crippen LogP contribution in [0.25, 0.3) is 5.69 Å². The van der Waals surface area contributed by atoms with Gasteiger partial charge in [-0.15, -0.1) is 0 Å². The van der Waals surface area contributed by atoms with Gasteiger partial charge in [0.2, 0.25) is 0 Å². The normalized spacial score (nSPS) is 18.2. The number of methoxy groups -OCH3 is 1. The zero-order valence-corrected chi connectivity index (χ0v) is 10.9. The lowest BCUT2D eigenvalue weighted by atomic mass is 9.93. The van der Waals surface area contributed by atoms with E-state index in [4.69, 9.17) is 10.5 Å². The largest absolute Gasteiger partial charge is 0.494 e. The van der Waals surface area contributed by atoms with Crippen molar-refractivity contribution in [3.63, 3.8) is 0 Å². The molecule has 1 atom stereocenters. The summed E-state index contributed by atoms with van der Waals surface area (Å²) in [7, 11) is 1.47. The Hall–Kier alpha value is -1.81. The van der Waals surface area contributed by atoms with Crippen LogP contribution in [0, 0.1) is 5.82 Å². The third-order valence-electron chi connectivity index (χ3n) is 3.77. The number of hydrogen-bond donors (Lipinski definition) is 1. The lowest BCUT2D eigenvalue weighted by Gasteiger charge is -2.21. The molecule has 2 N–H and O–H groups in total. The van der Waals surface area contributed by atoms with Gasteiger partial charge in [0.15, 0.2) is 11.6 Å². The molecule has 19 heavy (non-hydrogen) atoms. The Balaban J connectivity index is 2.05. The molecule has 2 aromatic rings. The van der Waals surface area contributed by atoms with E-state index in [1.54, 1.807) is 6.07 Å². The highest BCUT2D eigenvalue weighted by Crippen LogP contribution is 2.31. The maximum atomic E-state index is 13.8. The summed E-state index contributed by atoms with van der Waals surface area (Å²) < 4.78 is 20.8. The molecule has 0 amide bonds. The van der Waals surface area contributed by atoms with Crippen LogP contribution in [0.1, 0.15) is 30.1 Å². The smallest absolute Gasteiger partial charge is 0.167 e. The predicted molar refractivity (Wildman–Crippen MR) is 72.1 cm³/mol. The third-order valence-corrected chi connectivity index (χ3v) is 3.77. The van der Waals surface area contributed by atoms with Crippen LogP contribution in [0.2, 0.25) is 0 Å². The second-order valence-corrected chi connectivity index (χ2v) is 4.91. The highest BCUT2D eigenvalue weighted by Gasteiger charge is 2.20. The summed E-state index contributed by atoms with van der Waals surface area (Å²) in [6.07, 6.45) is 5.06. The topological polar surface area (TPSA) is 40.2 Å². The van der Waals surface area contributed by atoms with E-state index < -0.39 is 0 Å². The number of aromatic nitrogens is 1. The first kappa shape index (κ1) is 12.2. The van der Waals surface area contributed by atoms with Crippen LogP contribution >= 0.6 is 0 Å². The van der Waals surface area contributed by atoms with E-state index in [2.05, 4.69) is 0 Å². The Morgan fingerprint density at radius 1 is 1.37 bits per heavy atom. The number of nitrogens with two attached hydrogens (primary N) is 1. The highest BCUT2D eigenvalue weighted by molar-refractivity contribution is 5.43. The fraction of sp³-hybridized carbons (Fsp3) is 0.333. The van der Waals surface area contributed by atoms with Gasteiger partial charge in [0, 0.05) is 29.7 Å². The summed E-state index contributed by atoms with van der Waals surface area (Å²) in [6.45, 7) is 0. The summed E-state index contributed by atoms with van der Waals surface area (Å²) in [5.74, 6) is -0.0796. The monoisotopic (exact) mass is 260 g/mol. The van der Waals surface area contributed by atoms with E-state index in [-0.39, 0.29) is 17.6 Å². The second kappa shape index (κ2) is 4.70. The maximum Gasteiger partial charge on any atom is 0.167 e. The molecule has 1 aliphatic rings. The summed E-state index contributed by atoms with van der Waals surface area (Å²) in [6, 6.07) is 7.16. The number of fused-ring (bicyclic) bond motifs is 1. The minimum Gasteiger partial charge on any atom is -0.494 e. The van der Waals surface area contributed by atoms with Gasteiger partial charge in [-0.2, -0.15) is 0 Å². The summed E-state index contributed by atoms with van der Waals surface area (Å²) in [5, 5.41) is 0. The van der Waals surface area contributed by atoms with Gasteiger partial charge in [-0.25, -0.2) is 4.39 Å². The lowest BCUT2D eigenvalue weighted by Crippen LogP contribution is -2.17. The Kier molecular flexibility index (Phi) is 3.03. The minimum absolute atomic E-state index is 0.105. The molecule has 1 aromatic heterocycles. The van der Waals surface area contributed by atoms with Crippen molar-refractivity contribution >= 4 is 0 Å². The fourth-order valence-electron chi connectivity index (χ4n) is 2.77. The molecule has 0 aliphatic heterocycles. The maximum absolute atomic E-state index is 13.8. The van der Waals surface area contributed by atoms with Gasteiger partial charge >= 0.3 is 0 Å². The molecule has 0 bridgehead atoms. The van der Waals surface area contributed by atoms with E-state index in [1.807, 2.05) is 22.9 Å². The van der Waals surface area contributed by atoms with Gasteiger partial charge in [0.1, 0.15) is 0 Å². The number of hydrogen-bond acceptors (Lipinski definition) is 2. The quantitative estimate of drug-likeness (QED) is 0.901. The van der Waals surface area contributed by atoms with Gasteiger partial charge < -0.3 is 15.0 Å². The molecule has 4 heteroatoms. The standard InChI is InChI=1S/C15H17FN2O/c1-19-15-6-5-10(9-12(15)16)18-8-7-11-13(17)3-2-4-14(11)18/h5-9,13H,2-4,17H2,1H3. The van der Waals surface area contributed by atoms with E-state index in [9.17, 15) is 4.39 Å². The molecule has 100 valence electrons. The first-order chi connectivity index (χ1) is 9.20. The molecular weight excluding hydrogens is 243 g/mol. The Morgan fingerprint density at radius 2 is 2.21 bits per heavy atom. The Labute approximate surface area is 111 Å². The van der Waals surface area contributed by atoms with E-state index in [0.29, 0.717) is 0 Å². The molecule has 1 aromatic carbocycles. The van der Waals surface area contributed by atoms with Gasteiger partial charge in [0.25, 0.3) is 0 Å². The van der Waals surface area contributed by atoms with Crippen LogP contribution < -0.4 is 10.5 Å². The van der Waals surface area contributed by atoms with Crippen molar-refractivity contribution in [3.8, 4) is 11.4 Å². The summed E-state index contributed by atoms with van der Waals surface area (Å²) in [5.41, 5.74) is 9.30. The van der Waals surface area contributed by atoms with Gasteiger partial charge in [-0.3, -0.25) is 0 Å². The average molecular weight is 260 g/mol. The molecule has 3 nitrogen and oxygen atoms in total. The second-order valence-electron chi connectivity index (χ2n) is 4.91. The van der Waals surface area contributed by atoms with Crippen LogP contribution in [-0.2, 0) is 6.42 Å². The van der Waals surface area contributed by atoms with E-state index in [0.717, 1.165) is 24.9 Å². The Morgan fingerprint density at radius 3 is 2.95 bits per heavy atom. The predicted octanol–water partition coefficient (Wildman–Crippen LogP) is 2.96. The number of halogens is 1. The number of nitrogens with zero attached hydrogens (tertiary/aromatic N) is 1.